The van der Waals surface area contributed by atoms with Gasteiger partial charge in [0.1, 0.15) is 17.4 Å². The molecule has 0 aliphatic rings. The van der Waals surface area contributed by atoms with Gasteiger partial charge in [-0.15, -0.1) is 0 Å². The maximum absolute atomic E-state index is 12.1. The van der Waals surface area contributed by atoms with Crippen molar-refractivity contribution in [1.82, 2.24) is 0 Å². The lowest BCUT2D eigenvalue weighted by atomic mass is 10.1. The van der Waals surface area contributed by atoms with E-state index in [1.165, 1.54) is 7.11 Å². The minimum Gasteiger partial charge on any atom is -0.494 e. The summed E-state index contributed by atoms with van der Waals surface area (Å²) < 4.78 is 37.7. The van der Waals surface area contributed by atoms with Gasteiger partial charge in [0.2, 0.25) is 0 Å². The van der Waals surface area contributed by atoms with Crippen molar-refractivity contribution in [1.29, 1.82) is 5.26 Å². The molecular formula is C11H9F2NO4. The number of carbonyl (C=O) groups excluding carboxylic acids is 1. The van der Waals surface area contributed by atoms with Gasteiger partial charge in [-0.25, -0.2) is 4.79 Å². The smallest absolute Gasteiger partial charge is 0.387 e. The van der Waals surface area contributed by atoms with E-state index >= 15 is 0 Å². The zero-order chi connectivity index (χ0) is 13.7. The molecule has 0 saturated carbocycles. The Balaban J connectivity index is 3.37. The highest BCUT2D eigenvalue weighted by Crippen LogP contribution is 2.30. The summed E-state index contributed by atoms with van der Waals surface area (Å²) in [4.78, 5) is 11.4. The van der Waals surface area contributed by atoms with E-state index in [-0.39, 0.29) is 22.6 Å². The summed E-state index contributed by atoms with van der Waals surface area (Å²) in [7, 11) is 2.37. The molecule has 1 aromatic rings. The molecule has 0 fully saturated rings. The molecule has 0 aliphatic heterocycles. The Morgan fingerprint density at radius 1 is 1.39 bits per heavy atom. The Bertz CT molecular complexity index is 497. The maximum atomic E-state index is 12.1. The lowest BCUT2D eigenvalue weighted by Gasteiger charge is -2.11. The molecule has 0 heterocycles. The number of alkyl halides is 2. The fourth-order valence-corrected chi connectivity index (χ4v) is 1.34. The summed E-state index contributed by atoms with van der Waals surface area (Å²) in [5.74, 6) is -1.18. The van der Waals surface area contributed by atoms with Crippen molar-refractivity contribution in [2.75, 3.05) is 14.2 Å². The molecule has 7 heteroatoms. The molecule has 5 nitrogen and oxygen atoms in total. The fourth-order valence-electron chi connectivity index (χ4n) is 1.34. The van der Waals surface area contributed by atoms with Gasteiger partial charge in [0.15, 0.2) is 5.75 Å². The first-order valence-corrected chi connectivity index (χ1v) is 4.68. The van der Waals surface area contributed by atoms with E-state index in [0.717, 1.165) is 19.2 Å². The Labute approximate surface area is 101 Å². The summed E-state index contributed by atoms with van der Waals surface area (Å²) in [6, 6.07) is 3.80. The van der Waals surface area contributed by atoms with Crippen molar-refractivity contribution >= 4 is 5.97 Å². The van der Waals surface area contributed by atoms with Crippen LogP contribution in [0.25, 0.3) is 0 Å². The Morgan fingerprint density at radius 3 is 2.50 bits per heavy atom. The van der Waals surface area contributed by atoms with E-state index in [9.17, 15) is 13.6 Å². The molecule has 0 saturated heterocycles. The molecule has 0 aliphatic carbocycles. The van der Waals surface area contributed by atoms with Crippen LogP contribution in [0.4, 0.5) is 8.78 Å². The predicted octanol–water partition coefficient (Wildman–Crippen LogP) is 1.95. The number of benzene rings is 1. The third kappa shape index (κ3) is 2.85. The number of rotatable bonds is 4. The number of hydrogen-bond acceptors (Lipinski definition) is 5. The number of nitrogens with zero attached hydrogens (tertiary/aromatic N) is 1. The molecular weight excluding hydrogens is 248 g/mol. The molecule has 0 spiro atoms. The van der Waals surface area contributed by atoms with Crippen molar-refractivity contribution in [3.63, 3.8) is 0 Å². The van der Waals surface area contributed by atoms with Crippen LogP contribution in [0.1, 0.15) is 15.9 Å². The van der Waals surface area contributed by atoms with Crippen LogP contribution in [0, 0.1) is 11.3 Å². The van der Waals surface area contributed by atoms with E-state index in [0.29, 0.717) is 0 Å². The quantitative estimate of drug-likeness (QED) is 0.771. The van der Waals surface area contributed by atoms with Crippen molar-refractivity contribution in [2.45, 2.75) is 6.61 Å². The van der Waals surface area contributed by atoms with Crippen LogP contribution in [0.5, 0.6) is 11.5 Å². The van der Waals surface area contributed by atoms with Crippen molar-refractivity contribution in [3.8, 4) is 17.6 Å². The second-order valence-corrected chi connectivity index (χ2v) is 3.03. The number of methoxy groups -OCH3 is 2. The largest absolute Gasteiger partial charge is 0.494 e. The number of carbonyl (C=O) groups is 1. The summed E-state index contributed by atoms with van der Waals surface area (Å²) in [5.41, 5.74) is -0.259. The molecule has 1 rings (SSSR count). The summed E-state index contributed by atoms with van der Waals surface area (Å²) in [6.45, 7) is -3.06. The van der Waals surface area contributed by atoms with Gasteiger partial charge in [-0.1, -0.05) is 0 Å². The molecule has 1 aromatic carbocycles. The topological polar surface area (TPSA) is 68.5 Å². The lowest BCUT2D eigenvalue weighted by molar-refractivity contribution is -0.0499. The van der Waals surface area contributed by atoms with Gasteiger partial charge in [0.25, 0.3) is 0 Å². The molecule has 0 bridgehead atoms. The van der Waals surface area contributed by atoms with Gasteiger partial charge >= 0.3 is 12.6 Å². The van der Waals surface area contributed by atoms with Crippen LogP contribution in [0.15, 0.2) is 12.1 Å². The first-order valence-electron chi connectivity index (χ1n) is 4.68. The molecule has 0 N–H and O–H groups in total. The third-order valence-electron chi connectivity index (χ3n) is 2.02. The van der Waals surface area contributed by atoms with E-state index in [2.05, 4.69) is 9.47 Å². The van der Waals surface area contributed by atoms with Crippen LogP contribution in [0.2, 0.25) is 0 Å². The number of esters is 1. The SMILES string of the molecule is COC(=O)c1cc(OC(F)F)cc(C#N)c1OC. The zero-order valence-electron chi connectivity index (χ0n) is 9.57. The van der Waals surface area contributed by atoms with Crippen LogP contribution >= 0.6 is 0 Å². The lowest BCUT2D eigenvalue weighted by Crippen LogP contribution is -2.08. The maximum Gasteiger partial charge on any atom is 0.387 e. The number of ether oxygens (including phenoxy) is 3. The van der Waals surface area contributed by atoms with Crippen LogP contribution < -0.4 is 9.47 Å². The summed E-state index contributed by atoms with van der Waals surface area (Å²) in [6.07, 6.45) is 0. The average molecular weight is 257 g/mol. The molecule has 18 heavy (non-hydrogen) atoms. The van der Waals surface area contributed by atoms with Crippen LogP contribution in [-0.2, 0) is 4.74 Å². The number of halogens is 2. The van der Waals surface area contributed by atoms with Crippen molar-refractivity contribution < 1.29 is 27.8 Å². The average Bonchev–Trinajstić information content (AvgIpc) is 2.35. The Morgan fingerprint density at radius 2 is 2.06 bits per heavy atom. The molecule has 0 radical (unpaired) electrons. The molecule has 0 unspecified atom stereocenters. The summed E-state index contributed by atoms with van der Waals surface area (Å²) in [5, 5.41) is 8.86. The van der Waals surface area contributed by atoms with Gasteiger partial charge in [0.05, 0.1) is 19.8 Å². The normalized spacial score (nSPS) is 9.78. The highest BCUT2D eigenvalue weighted by Gasteiger charge is 2.20. The minimum atomic E-state index is -3.06. The van der Waals surface area contributed by atoms with Crippen LogP contribution in [-0.4, -0.2) is 26.8 Å². The highest BCUT2D eigenvalue weighted by molar-refractivity contribution is 5.94. The standard InChI is InChI=1S/C11H9F2NO4/c1-16-9-6(5-14)3-7(18-11(12)13)4-8(9)10(15)17-2/h3-4,11H,1-2H3. The van der Waals surface area contributed by atoms with Gasteiger partial charge < -0.3 is 14.2 Å². The van der Waals surface area contributed by atoms with E-state index in [4.69, 9.17) is 10.00 Å². The minimum absolute atomic E-state index is 0.0500. The number of hydrogen-bond donors (Lipinski definition) is 0. The molecule has 96 valence electrons. The summed E-state index contributed by atoms with van der Waals surface area (Å²) >= 11 is 0. The zero-order valence-corrected chi connectivity index (χ0v) is 9.57. The second-order valence-electron chi connectivity index (χ2n) is 3.03. The van der Waals surface area contributed by atoms with E-state index < -0.39 is 12.6 Å². The fraction of sp³-hybridized carbons (Fsp3) is 0.273. The van der Waals surface area contributed by atoms with Gasteiger partial charge in [0, 0.05) is 6.07 Å². The monoisotopic (exact) mass is 257 g/mol. The van der Waals surface area contributed by atoms with Crippen molar-refractivity contribution in [2.24, 2.45) is 0 Å². The Hall–Kier alpha value is -2.36. The van der Waals surface area contributed by atoms with Crippen molar-refractivity contribution in [3.05, 3.63) is 23.3 Å². The first-order chi connectivity index (χ1) is 8.53. The van der Waals surface area contributed by atoms with Crippen LogP contribution in [0.3, 0.4) is 0 Å². The van der Waals surface area contributed by atoms with Gasteiger partial charge in [-0.3, -0.25) is 0 Å². The van der Waals surface area contributed by atoms with Gasteiger partial charge in [-0.05, 0) is 6.07 Å². The van der Waals surface area contributed by atoms with E-state index in [1.54, 1.807) is 6.07 Å². The molecule has 0 amide bonds. The predicted molar refractivity (Wildman–Crippen MR) is 55.7 cm³/mol. The second kappa shape index (κ2) is 5.82. The third-order valence-corrected chi connectivity index (χ3v) is 2.02. The highest BCUT2D eigenvalue weighted by atomic mass is 19.3. The van der Waals surface area contributed by atoms with E-state index in [1.807, 2.05) is 0 Å². The number of nitriles is 1. The molecule has 0 aromatic heterocycles. The van der Waals surface area contributed by atoms with Gasteiger partial charge in [-0.2, -0.15) is 14.0 Å². The first kappa shape index (κ1) is 13.7. The Kier molecular flexibility index (Phi) is 4.43. The molecule has 0 atom stereocenters.